The fraction of sp³-hybridized carbons (Fsp3) is 0.214. The standard InChI is InChI=1S/C14H12ClN3S2/c15-11-4-2-1-3-10(11)12-9-19-14(20-12)13-17-6-8-18(13)7-5-16/h1-4,6,8,12,17H,7,9H2/b14-13+/t12-/m0/s1. The maximum atomic E-state index is 8.85. The average molecular weight is 322 g/mol. The second-order valence-electron chi connectivity index (χ2n) is 4.32. The third-order valence-electron chi connectivity index (χ3n) is 3.06. The van der Waals surface area contributed by atoms with E-state index in [9.17, 15) is 0 Å². The SMILES string of the molecule is N#CCN1C=CN/C1=C1/SC[C@@H](c2ccccc2Cl)S1. The van der Waals surface area contributed by atoms with Gasteiger partial charge in [-0.15, -0.1) is 23.5 Å². The minimum Gasteiger partial charge on any atom is -0.345 e. The van der Waals surface area contributed by atoms with Gasteiger partial charge in [-0.05, 0) is 11.6 Å². The third-order valence-corrected chi connectivity index (χ3v) is 6.33. The van der Waals surface area contributed by atoms with Gasteiger partial charge in [0.05, 0.1) is 10.3 Å². The van der Waals surface area contributed by atoms with Crippen LogP contribution in [0.15, 0.2) is 46.7 Å². The summed E-state index contributed by atoms with van der Waals surface area (Å²) in [6.07, 6.45) is 3.76. The number of rotatable bonds is 2. The summed E-state index contributed by atoms with van der Waals surface area (Å²) in [5.41, 5.74) is 1.18. The quantitative estimate of drug-likeness (QED) is 0.837. The van der Waals surface area contributed by atoms with Gasteiger partial charge < -0.3 is 10.2 Å². The van der Waals surface area contributed by atoms with Crippen molar-refractivity contribution >= 4 is 35.1 Å². The lowest BCUT2D eigenvalue weighted by atomic mass is 10.2. The predicted octanol–water partition coefficient (Wildman–Crippen LogP) is 3.89. The van der Waals surface area contributed by atoms with E-state index in [4.69, 9.17) is 16.9 Å². The molecule has 0 spiro atoms. The molecule has 0 saturated carbocycles. The number of nitrogens with one attached hydrogen (secondary N) is 1. The van der Waals surface area contributed by atoms with E-state index in [-0.39, 0.29) is 0 Å². The summed E-state index contributed by atoms with van der Waals surface area (Å²) in [6, 6.07) is 10.2. The fourth-order valence-corrected chi connectivity index (χ4v) is 5.42. The molecule has 0 aliphatic carbocycles. The summed E-state index contributed by atoms with van der Waals surface area (Å²) < 4.78 is 1.22. The van der Waals surface area contributed by atoms with Crippen molar-refractivity contribution in [1.82, 2.24) is 10.2 Å². The number of hydrogen-bond acceptors (Lipinski definition) is 5. The van der Waals surface area contributed by atoms with Crippen molar-refractivity contribution in [3.8, 4) is 6.07 Å². The molecule has 0 bridgehead atoms. The molecule has 1 fully saturated rings. The van der Waals surface area contributed by atoms with Gasteiger partial charge in [0.15, 0.2) is 0 Å². The van der Waals surface area contributed by atoms with E-state index < -0.39 is 0 Å². The average Bonchev–Trinajstić information content (AvgIpc) is 3.08. The van der Waals surface area contributed by atoms with E-state index >= 15 is 0 Å². The van der Waals surface area contributed by atoms with E-state index in [1.54, 1.807) is 0 Å². The first-order valence-electron chi connectivity index (χ1n) is 6.14. The smallest absolute Gasteiger partial charge is 0.131 e. The minimum atomic E-state index is 0.361. The molecule has 2 aliphatic heterocycles. The molecule has 6 heteroatoms. The van der Waals surface area contributed by atoms with Crippen LogP contribution >= 0.6 is 35.1 Å². The lowest BCUT2D eigenvalue weighted by Crippen LogP contribution is -2.19. The summed E-state index contributed by atoms with van der Waals surface area (Å²) in [7, 11) is 0. The molecule has 2 aliphatic rings. The zero-order valence-electron chi connectivity index (χ0n) is 10.5. The second-order valence-corrected chi connectivity index (χ2v) is 7.23. The van der Waals surface area contributed by atoms with Crippen LogP contribution in [0.2, 0.25) is 5.02 Å². The van der Waals surface area contributed by atoms with Gasteiger partial charge in [0, 0.05) is 28.4 Å². The zero-order chi connectivity index (χ0) is 13.9. The molecule has 2 heterocycles. The molecule has 1 aromatic carbocycles. The Balaban J connectivity index is 1.81. The van der Waals surface area contributed by atoms with Crippen LogP contribution in [0.1, 0.15) is 10.8 Å². The van der Waals surface area contributed by atoms with Crippen LogP contribution in [0.5, 0.6) is 0 Å². The molecular formula is C14H12ClN3S2. The molecule has 1 atom stereocenters. The molecule has 3 rings (SSSR count). The lowest BCUT2D eigenvalue weighted by Gasteiger charge is -2.16. The van der Waals surface area contributed by atoms with Crippen LogP contribution in [-0.4, -0.2) is 17.2 Å². The van der Waals surface area contributed by atoms with Gasteiger partial charge in [-0.1, -0.05) is 29.8 Å². The number of halogens is 1. The molecule has 1 N–H and O–H groups in total. The monoisotopic (exact) mass is 321 g/mol. The topological polar surface area (TPSA) is 39.1 Å². The molecule has 20 heavy (non-hydrogen) atoms. The zero-order valence-corrected chi connectivity index (χ0v) is 12.9. The summed E-state index contributed by atoms with van der Waals surface area (Å²) in [4.78, 5) is 1.93. The van der Waals surface area contributed by atoms with E-state index in [1.807, 2.05) is 59.0 Å². The van der Waals surface area contributed by atoms with Crippen molar-refractivity contribution < 1.29 is 0 Å². The van der Waals surface area contributed by atoms with E-state index in [0.717, 1.165) is 16.6 Å². The third kappa shape index (κ3) is 2.64. The molecule has 0 unspecified atom stereocenters. The maximum Gasteiger partial charge on any atom is 0.131 e. The highest BCUT2D eigenvalue weighted by atomic mass is 35.5. The lowest BCUT2D eigenvalue weighted by molar-refractivity contribution is 0.525. The van der Waals surface area contributed by atoms with Crippen molar-refractivity contribution in [1.29, 1.82) is 5.26 Å². The van der Waals surface area contributed by atoms with E-state index in [1.165, 1.54) is 9.80 Å². The number of hydrogen-bond donors (Lipinski definition) is 1. The normalized spacial score (nSPS) is 24.8. The molecular weight excluding hydrogens is 310 g/mol. The van der Waals surface area contributed by atoms with Gasteiger partial charge in [-0.25, -0.2) is 0 Å². The molecule has 1 saturated heterocycles. The Hall–Kier alpha value is -1.22. The van der Waals surface area contributed by atoms with Gasteiger partial charge in [0.2, 0.25) is 0 Å². The van der Waals surface area contributed by atoms with E-state index in [2.05, 4.69) is 17.5 Å². The van der Waals surface area contributed by atoms with E-state index in [0.29, 0.717) is 11.8 Å². The Bertz CT molecular complexity index is 621. The van der Waals surface area contributed by atoms with Crippen LogP contribution in [0.3, 0.4) is 0 Å². The summed E-state index contributed by atoms with van der Waals surface area (Å²) >= 11 is 9.89. The summed E-state index contributed by atoms with van der Waals surface area (Å²) in [5.74, 6) is 2.01. The molecule has 102 valence electrons. The summed E-state index contributed by atoms with van der Waals surface area (Å²) in [6.45, 7) is 0.361. The van der Waals surface area contributed by atoms with Crippen LogP contribution in [0, 0.1) is 11.3 Å². The Morgan fingerprint density at radius 2 is 2.30 bits per heavy atom. The number of thioether (sulfide) groups is 2. The largest absolute Gasteiger partial charge is 0.345 e. The highest BCUT2D eigenvalue weighted by molar-refractivity contribution is 8.25. The Morgan fingerprint density at radius 3 is 3.10 bits per heavy atom. The molecule has 0 amide bonds. The first-order chi connectivity index (χ1) is 9.79. The van der Waals surface area contributed by atoms with Gasteiger partial charge in [0.25, 0.3) is 0 Å². The Labute approximate surface area is 131 Å². The van der Waals surface area contributed by atoms with Gasteiger partial charge in [-0.2, -0.15) is 5.26 Å². The molecule has 3 nitrogen and oxygen atoms in total. The van der Waals surface area contributed by atoms with Crippen molar-refractivity contribution in [2.45, 2.75) is 5.25 Å². The molecule has 0 aromatic heterocycles. The second kappa shape index (κ2) is 6.04. The van der Waals surface area contributed by atoms with Crippen LogP contribution in [0.25, 0.3) is 0 Å². The van der Waals surface area contributed by atoms with Crippen molar-refractivity contribution in [3.63, 3.8) is 0 Å². The molecule has 0 radical (unpaired) electrons. The predicted molar refractivity (Wildman–Crippen MR) is 85.9 cm³/mol. The van der Waals surface area contributed by atoms with Crippen LogP contribution < -0.4 is 5.32 Å². The van der Waals surface area contributed by atoms with Crippen LogP contribution in [-0.2, 0) is 0 Å². The first-order valence-corrected chi connectivity index (χ1v) is 8.39. The first kappa shape index (κ1) is 13.7. The van der Waals surface area contributed by atoms with Gasteiger partial charge in [0.1, 0.15) is 12.4 Å². The minimum absolute atomic E-state index is 0.361. The highest BCUT2D eigenvalue weighted by Crippen LogP contribution is 2.52. The number of nitriles is 1. The number of benzene rings is 1. The molecule has 1 aromatic rings. The highest BCUT2D eigenvalue weighted by Gasteiger charge is 2.29. The fourth-order valence-electron chi connectivity index (χ4n) is 2.11. The Kier molecular flexibility index (Phi) is 4.16. The van der Waals surface area contributed by atoms with Crippen molar-refractivity contribution in [2.24, 2.45) is 0 Å². The number of nitrogens with zero attached hydrogens (tertiary/aromatic N) is 2. The van der Waals surface area contributed by atoms with Crippen molar-refractivity contribution in [3.05, 3.63) is 57.3 Å². The Morgan fingerprint density at radius 1 is 1.45 bits per heavy atom. The maximum absolute atomic E-state index is 8.85. The van der Waals surface area contributed by atoms with Crippen LogP contribution in [0.4, 0.5) is 0 Å². The van der Waals surface area contributed by atoms with Crippen molar-refractivity contribution in [2.75, 3.05) is 12.3 Å². The van der Waals surface area contributed by atoms with Gasteiger partial charge >= 0.3 is 0 Å². The summed E-state index contributed by atoms with van der Waals surface area (Å²) in [5, 5.41) is 13.3. The van der Waals surface area contributed by atoms with Gasteiger partial charge in [-0.3, -0.25) is 0 Å².